The summed E-state index contributed by atoms with van der Waals surface area (Å²) in [5.41, 5.74) is 0.269. The van der Waals surface area contributed by atoms with Crippen LogP contribution < -0.4 is 0 Å². The number of thiocarbonyl (C=S) groups is 2. The van der Waals surface area contributed by atoms with Crippen LogP contribution in [0.15, 0.2) is 9.98 Å². The highest BCUT2D eigenvalue weighted by atomic mass is 35.5. The van der Waals surface area contributed by atoms with Crippen molar-refractivity contribution in [2.24, 2.45) is 26.2 Å². The summed E-state index contributed by atoms with van der Waals surface area (Å²) >= 11 is 21.4. The summed E-state index contributed by atoms with van der Waals surface area (Å²) in [5, 5.41) is 4.87. The summed E-state index contributed by atoms with van der Waals surface area (Å²) in [6.07, 6.45) is 2.07. The van der Waals surface area contributed by atoms with Crippen molar-refractivity contribution in [2.45, 2.75) is 105 Å². The second kappa shape index (κ2) is 11.5. The van der Waals surface area contributed by atoms with Crippen LogP contribution in [0.1, 0.15) is 89.0 Å². The van der Waals surface area contributed by atoms with Gasteiger partial charge in [0, 0.05) is 5.88 Å². The van der Waals surface area contributed by atoms with Crippen LogP contribution in [0.5, 0.6) is 0 Å². The van der Waals surface area contributed by atoms with Gasteiger partial charge in [0.05, 0.1) is 26.8 Å². The van der Waals surface area contributed by atoms with Gasteiger partial charge in [-0.05, 0) is 74.3 Å². The number of isothiocyanates is 2. The molecule has 0 saturated carbocycles. The minimum absolute atomic E-state index is 0.00386. The lowest BCUT2D eigenvalue weighted by molar-refractivity contribution is 0.169. The molecular weight excluding hydrogens is 427 g/mol. The molecule has 0 aliphatic rings. The Hall–Kier alpha value is 0.180. The van der Waals surface area contributed by atoms with Crippen molar-refractivity contribution >= 4 is 58.0 Å². The molecule has 164 valence electrons. The summed E-state index contributed by atoms with van der Waals surface area (Å²) in [6.45, 7) is 23.5. The molecule has 0 bridgehead atoms. The van der Waals surface area contributed by atoms with E-state index in [-0.39, 0.29) is 27.3 Å². The molecule has 0 amide bonds. The van der Waals surface area contributed by atoms with Crippen LogP contribution in [0.4, 0.5) is 0 Å². The summed E-state index contributed by atoms with van der Waals surface area (Å²) in [6, 6.07) is 0.00386. The molecular formula is C22H40Cl2N2S2. The number of rotatable bonds is 7. The predicted molar refractivity (Wildman–Crippen MR) is 135 cm³/mol. The molecule has 0 spiro atoms. The van der Waals surface area contributed by atoms with E-state index in [2.05, 4.69) is 100 Å². The van der Waals surface area contributed by atoms with Gasteiger partial charge >= 0.3 is 0 Å². The molecule has 2 atom stereocenters. The zero-order valence-electron chi connectivity index (χ0n) is 19.7. The Morgan fingerprint density at radius 1 is 0.821 bits per heavy atom. The van der Waals surface area contributed by atoms with Crippen LogP contribution in [0.2, 0.25) is 0 Å². The fourth-order valence-electron chi connectivity index (χ4n) is 4.19. The molecule has 2 unspecified atom stereocenters. The van der Waals surface area contributed by atoms with Crippen molar-refractivity contribution in [2.75, 3.05) is 5.88 Å². The molecule has 0 fully saturated rings. The minimum Gasteiger partial charge on any atom is -0.227 e. The Balaban J connectivity index is 0. The lowest BCUT2D eigenvalue weighted by Crippen LogP contribution is -2.39. The number of hydrogen-bond acceptors (Lipinski definition) is 4. The molecule has 2 nitrogen and oxygen atoms in total. The van der Waals surface area contributed by atoms with Gasteiger partial charge in [-0.25, -0.2) is 9.98 Å². The maximum atomic E-state index is 6.18. The van der Waals surface area contributed by atoms with Crippen molar-refractivity contribution < 1.29 is 0 Å². The lowest BCUT2D eigenvalue weighted by atomic mass is 9.70. The summed E-state index contributed by atoms with van der Waals surface area (Å²) < 4.78 is 0. The van der Waals surface area contributed by atoms with Crippen LogP contribution >= 0.6 is 47.6 Å². The Labute approximate surface area is 195 Å². The van der Waals surface area contributed by atoms with Crippen LogP contribution in [-0.2, 0) is 0 Å². The van der Waals surface area contributed by atoms with Gasteiger partial charge in [0.25, 0.3) is 0 Å². The zero-order chi connectivity index (χ0) is 23.0. The fraction of sp³-hybridized carbons (Fsp3) is 0.909. The molecule has 0 aromatic heterocycles. The molecule has 0 aliphatic carbocycles. The first kappa shape index (κ1) is 30.4. The third-order valence-electron chi connectivity index (χ3n) is 4.12. The Kier molecular flexibility index (Phi) is 12.5. The van der Waals surface area contributed by atoms with Gasteiger partial charge in [-0.15, -0.1) is 23.2 Å². The monoisotopic (exact) mass is 466 g/mol. The highest BCUT2D eigenvalue weighted by Gasteiger charge is 2.36. The number of halogens is 2. The largest absolute Gasteiger partial charge is 0.227 e. The third-order valence-corrected chi connectivity index (χ3v) is 5.10. The summed E-state index contributed by atoms with van der Waals surface area (Å²) in [5.74, 6) is 0.490. The van der Waals surface area contributed by atoms with Crippen LogP contribution in [0.3, 0.4) is 0 Å². The molecule has 0 aliphatic heterocycles. The van der Waals surface area contributed by atoms with Crippen LogP contribution in [-0.4, -0.2) is 32.7 Å². The van der Waals surface area contributed by atoms with Gasteiger partial charge in [0.1, 0.15) is 0 Å². The van der Waals surface area contributed by atoms with E-state index < -0.39 is 0 Å². The Bertz CT molecular complexity index is 557. The first-order valence-electron chi connectivity index (χ1n) is 9.64. The topological polar surface area (TPSA) is 24.7 Å². The van der Waals surface area contributed by atoms with Crippen molar-refractivity contribution in [3.63, 3.8) is 0 Å². The highest BCUT2D eigenvalue weighted by molar-refractivity contribution is 7.78. The van der Waals surface area contributed by atoms with E-state index in [0.717, 1.165) is 12.8 Å². The summed E-state index contributed by atoms with van der Waals surface area (Å²) in [4.78, 5) is 7.95. The molecule has 0 rings (SSSR count). The maximum absolute atomic E-state index is 6.18. The number of nitrogens with zero attached hydrogens (tertiary/aromatic N) is 2. The highest BCUT2D eigenvalue weighted by Crippen LogP contribution is 2.40. The molecule has 6 heteroatoms. The molecule has 0 aromatic rings. The average molecular weight is 468 g/mol. The number of hydrogen-bond donors (Lipinski definition) is 0. The lowest BCUT2D eigenvalue weighted by Gasteiger charge is -2.37. The fourth-order valence-corrected chi connectivity index (χ4v) is 5.04. The Morgan fingerprint density at radius 3 is 1.50 bits per heavy atom. The van der Waals surface area contributed by atoms with E-state index in [1.165, 1.54) is 0 Å². The van der Waals surface area contributed by atoms with Gasteiger partial charge < -0.3 is 0 Å². The van der Waals surface area contributed by atoms with E-state index in [0.29, 0.717) is 11.3 Å². The van der Waals surface area contributed by atoms with Gasteiger partial charge in [-0.3, -0.25) is 0 Å². The quantitative estimate of drug-likeness (QED) is 0.213. The number of alkyl halides is 2. The van der Waals surface area contributed by atoms with Crippen LogP contribution in [0, 0.1) is 16.2 Å². The molecule has 0 radical (unpaired) electrons. The van der Waals surface area contributed by atoms with Crippen molar-refractivity contribution in [1.29, 1.82) is 0 Å². The van der Waals surface area contributed by atoms with Crippen LogP contribution in [0.25, 0.3) is 0 Å². The molecule has 0 heterocycles. The minimum atomic E-state index is -0.371. The van der Waals surface area contributed by atoms with Gasteiger partial charge in [0.15, 0.2) is 0 Å². The summed E-state index contributed by atoms with van der Waals surface area (Å²) in [7, 11) is 0. The smallest absolute Gasteiger partial charge is 0.0836 e. The van der Waals surface area contributed by atoms with Gasteiger partial charge in [0.2, 0.25) is 0 Å². The average Bonchev–Trinajstić information content (AvgIpc) is 2.39. The maximum Gasteiger partial charge on any atom is 0.0836 e. The standard InChI is InChI=1S/C13H24ClNS.C9H16ClNS/c1-11(2,3)7-12(4,5)8-13(6,9-14)15-10-16;1-8(2,3)7(11-6-12)9(4,5)10/h7-9H2,1-6H3;7H,1-5H3. The first-order chi connectivity index (χ1) is 12.2. The van der Waals surface area contributed by atoms with Gasteiger partial charge in [-0.2, -0.15) is 0 Å². The van der Waals surface area contributed by atoms with E-state index in [4.69, 9.17) is 23.2 Å². The Morgan fingerprint density at radius 2 is 1.29 bits per heavy atom. The van der Waals surface area contributed by atoms with Crippen molar-refractivity contribution in [1.82, 2.24) is 0 Å². The molecule has 0 N–H and O–H groups in total. The van der Waals surface area contributed by atoms with Crippen molar-refractivity contribution in [3.05, 3.63) is 0 Å². The predicted octanol–water partition coefficient (Wildman–Crippen LogP) is 8.46. The number of aliphatic imine (C=N–C) groups is 2. The second-order valence-corrected chi connectivity index (χ2v) is 13.1. The van der Waals surface area contributed by atoms with E-state index >= 15 is 0 Å². The zero-order valence-corrected chi connectivity index (χ0v) is 22.8. The van der Waals surface area contributed by atoms with Crippen molar-refractivity contribution in [3.8, 4) is 0 Å². The third kappa shape index (κ3) is 14.2. The van der Waals surface area contributed by atoms with Gasteiger partial charge in [-0.1, -0.05) is 55.4 Å². The SMILES string of the molecule is CC(C)(C)C(N=C=S)C(C)(C)Cl.CC(C)(C)CC(C)(C)CC(C)(CCl)N=C=S. The van der Waals surface area contributed by atoms with E-state index in [1.54, 1.807) is 0 Å². The molecule has 0 aromatic carbocycles. The molecule has 0 saturated heterocycles. The van der Waals surface area contributed by atoms with E-state index in [9.17, 15) is 0 Å². The van der Waals surface area contributed by atoms with E-state index in [1.807, 2.05) is 20.8 Å². The second-order valence-electron chi connectivity index (χ2n) is 11.5. The first-order valence-corrected chi connectivity index (χ1v) is 11.4. The molecule has 28 heavy (non-hydrogen) atoms. The normalized spacial score (nSPS) is 15.9.